The lowest BCUT2D eigenvalue weighted by Crippen LogP contribution is -2.40. The summed E-state index contributed by atoms with van der Waals surface area (Å²) in [5, 5.41) is 2.64. The second-order valence-corrected chi connectivity index (χ2v) is 6.28. The van der Waals surface area contributed by atoms with Gasteiger partial charge in [0.2, 0.25) is 0 Å². The Morgan fingerprint density at radius 2 is 1.75 bits per heavy atom. The number of carbonyl (C=O) groups excluding carboxylic acids is 1. The third-order valence-electron chi connectivity index (χ3n) is 4.08. The van der Waals surface area contributed by atoms with Gasteiger partial charge in [0, 0.05) is 23.3 Å². The van der Waals surface area contributed by atoms with Crippen molar-refractivity contribution in [2.24, 2.45) is 0 Å². The summed E-state index contributed by atoms with van der Waals surface area (Å²) in [6.07, 6.45) is 0.959. The Labute approximate surface area is 162 Å². The third kappa shape index (κ3) is 4.01. The minimum absolute atomic E-state index is 0.142. The van der Waals surface area contributed by atoms with Crippen molar-refractivity contribution < 1.29 is 13.6 Å². The van der Waals surface area contributed by atoms with Gasteiger partial charge in [0.25, 0.3) is 11.5 Å². The first-order chi connectivity index (χ1) is 13.4. The van der Waals surface area contributed by atoms with Gasteiger partial charge in [-0.05, 0) is 23.8 Å². The summed E-state index contributed by atoms with van der Waals surface area (Å²) >= 11 is 6.05. The maximum atomic E-state index is 13.7. The van der Waals surface area contributed by atoms with E-state index in [1.165, 1.54) is 6.07 Å². The first-order valence-corrected chi connectivity index (χ1v) is 8.53. The normalized spacial score (nSPS) is 10.7. The van der Waals surface area contributed by atoms with E-state index in [9.17, 15) is 23.2 Å². The average molecular weight is 406 g/mol. The van der Waals surface area contributed by atoms with E-state index in [-0.39, 0.29) is 17.7 Å². The molecule has 1 heterocycles. The minimum atomic E-state index is -0.878. The van der Waals surface area contributed by atoms with Crippen LogP contribution in [0.1, 0.15) is 21.5 Å². The van der Waals surface area contributed by atoms with E-state index < -0.39 is 35.3 Å². The van der Waals surface area contributed by atoms with Crippen LogP contribution in [0.4, 0.5) is 8.78 Å². The molecule has 144 valence electrons. The Balaban J connectivity index is 1.87. The van der Waals surface area contributed by atoms with Crippen LogP contribution in [0.3, 0.4) is 0 Å². The Bertz CT molecular complexity index is 1140. The number of hydrogen-bond donors (Lipinski definition) is 2. The zero-order chi connectivity index (χ0) is 20.3. The Kier molecular flexibility index (Phi) is 5.70. The molecule has 2 N–H and O–H groups in total. The highest BCUT2D eigenvalue weighted by molar-refractivity contribution is 6.31. The maximum Gasteiger partial charge on any atom is 0.328 e. The van der Waals surface area contributed by atoms with Crippen LogP contribution in [0.2, 0.25) is 5.02 Å². The molecular weight excluding hydrogens is 392 g/mol. The first-order valence-electron chi connectivity index (χ1n) is 8.15. The summed E-state index contributed by atoms with van der Waals surface area (Å²) in [7, 11) is 0. The van der Waals surface area contributed by atoms with Gasteiger partial charge in [0.1, 0.15) is 17.2 Å². The summed E-state index contributed by atoms with van der Waals surface area (Å²) in [4.78, 5) is 39.2. The highest BCUT2D eigenvalue weighted by Gasteiger charge is 2.17. The monoisotopic (exact) mass is 405 g/mol. The van der Waals surface area contributed by atoms with Crippen molar-refractivity contribution in [2.75, 3.05) is 0 Å². The van der Waals surface area contributed by atoms with E-state index >= 15 is 0 Å². The number of halogens is 3. The highest BCUT2D eigenvalue weighted by atomic mass is 35.5. The van der Waals surface area contributed by atoms with Crippen LogP contribution in [0, 0.1) is 11.6 Å². The maximum absolute atomic E-state index is 13.7. The standard InChI is InChI=1S/C19H14ClF2N3O3/c20-14-5-2-1-4-11(14)10-25-18(27)13(9-24-19(25)28)17(26)23-8-12-15(21)6-3-7-16(12)22/h1-7,9H,8,10H2,(H,23,26)(H,24,28). The molecule has 28 heavy (non-hydrogen) atoms. The van der Waals surface area contributed by atoms with Crippen molar-refractivity contribution >= 4 is 17.5 Å². The van der Waals surface area contributed by atoms with Crippen LogP contribution in [0.5, 0.6) is 0 Å². The molecule has 0 aliphatic rings. The Morgan fingerprint density at radius 3 is 2.43 bits per heavy atom. The number of benzene rings is 2. The molecule has 9 heteroatoms. The lowest BCUT2D eigenvalue weighted by Gasteiger charge is -2.10. The summed E-state index contributed by atoms with van der Waals surface area (Å²) in [5.74, 6) is -2.52. The number of nitrogens with one attached hydrogen (secondary N) is 2. The molecular formula is C19H14ClF2N3O3. The van der Waals surface area contributed by atoms with Crippen LogP contribution in [0.25, 0.3) is 0 Å². The van der Waals surface area contributed by atoms with Crippen LogP contribution < -0.4 is 16.6 Å². The van der Waals surface area contributed by atoms with Gasteiger partial charge < -0.3 is 10.3 Å². The molecule has 0 aliphatic carbocycles. The van der Waals surface area contributed by atoms with Gasteiger partial charge in [0.15, 0.2) is 0 Å². The van der Waals surface area contributed by atoms with Crippen molar-refractivity contribution in [1.82, 2.24) is 14.9 Å². The van der Waals surface area contributed by atoms with Gasteiger partial charge >= 0.3 is 5.69 Å². The second kappa shape index (κ2) is 8.18. The fourth-order valence-corrected chi connectivity index (χ4v) is 2.78. The minimum Gasteiger partial charge on any atom is -0.348 e. The lowest BCUT2D eigenvalue weighted by atomic mass is 10.2. The lowest BCUT2D eigenvalue weighted by molar-refractivity contribution is 0.0947. The largest absolute Gasteiger partial charge is 0.348 e. The molecule has 3 rings (SSSR count). The molecule has 2 aromatic carbocycles. The quantitative estimate of drug-likeness (QED) is 0.684. The van der Waals surface area contributed by atoms with Crippen molar-refractivity contribution in [2.45, 2.75) is 13.1 Å². The second-order valence-electron chi connectivity index (χ2n) is 5.87. The molecule has 0 saturated carbocycles. The molecule has 0 bridgehead atoms. The molecule has 0 spiro atoms. The van der Waals surface area contributed by atoms with Gasteiger partial charge in [0.05, 0.1) is 6.54 Å². The first kappa shape index (κ1) is 19.5. The van der Waals surface area contributed by atoms with Crippen molar-refractivity contribution in [1.29, 1.82) is 0 Å². The van der Waals surface area contributed by atoms with Crippen LogP contribution in [-0.4, -0.2) is 15.5 Å². The van der Waals surface area contributed by atoms with Crippen LogP contribution in [-0.2, 0) is 13.1 Å². The van der Waals surface area contributed by atoms with Gasteiger partial charge in [-0.25, -0.2) is 13.6 Å². The zero-order valence-electron chi connectivity index (χ0n) is 14.3. The predicted molar refractivity (Wildman–Crippen MR) is 99.4 cm³/mol. The number of hydrogen-bond acceptors (Lipinski definition) is 3. The topological polar surface area (TPSA) is 84.0 Å². The fraction of sp³-hybridized carbons (Fsp3) is 0.105. The Hall–Kier alpha value is -3.26. The summed E-state index contributed by atoms with van der Waals surface area (Å²) in [6.45, 7) is -0.600. The predicted octanol–water partition coefficient (Wildman–Crippen LogP) is 2.45. The summed E-state index contributed by atoms with van der Waals surface area (Å²) < 4.78 is 28.1. The average Bonchev–Trinajstić information content (AvgIpc) is 2.66. The smallest absolute Gasteiger partial charge is 0.328 e. The number of aromatic nitrogens is 2. The molecule has 0 saturated heterocycles. The van der Waals surface area contributed by atoms with Crippen molar-refractivity contribution in [3.63, 3.8) is 0 Å². The molecule has 1 amide bonds. The van der Waals surface area contributed by atoms with Gasteiger partial charge in [-0.1, -0.05) is 35.9 Å². The van der Waals surface area contributed by atoms with Crippen LogP contribution in [0.15, 0.2) is 58.3 Å². The molecule has 1 aromatic heterocycles. The van der Waals surface area contributed by atoms with Crippen LogP contribution >= 0.6 is 11.6 Å². The summed E-state index contributed by atoms with van der Waals surface area (Å²) in [5.41, 5.74) is -1.76. The SMILES string of the molecule is O=C(NCc1c(F)cccc1F)c1c[nH]c(=O)n(Cc2ccccc2Cl)c1=O. The number of aromatic amines is 1. The number of amides is 1. The molecule has 3 aromatic rings. The van der Waals surface area contributed by atoms with E-state index in [0.717, 1.165) is 22.9 Å². The number of rotatable bonds is 5. The number of carbonyl (C=O) groups is 1. The summed E-state index contributed by atoms with van der Waals surface area (Å²) in [6, 6.07) is 9.95. The fourth-order valence-electron chi connectivity index (χ4n) is 2.58. The number of H-pyrrole nitrogens is 1. The van der Waals surface area contributed by atoms with E-state index in [1.807, 2.05) is 0 Å². The van der Waals surface area contributed by atoms with Crippen molar-refractivity contribution in [3.05, 3.63) is 103 Å². The Morgan fingerprint density at radius 1 is 1.07 bits per heavy atom. The van der Waals surface area contributed by atoms with E-state index in [2.05, 4.69) is 10.3 Å². The van der Waals surface area contributed by atoms with Gasteiger partial charge in [-0.2, -0.15) is 0 Å². The van der Waals surface area contributed by atoms with E-state index in [0.29, 0.717) is 10.6 Å². The molecule has 0 aliphatic heterocycles. The zero-order valence-corrected chi connectivity index (χ0v) is 15.1. The highest BCUT2D eigenvalue weighted by Crippen LogP contribution is 2.15. The molecule has 6 nitrogen and oxygen atoms in total. The third-order valence-corrected chi connectivity index (χ3v) is 4.45. The van der Waals surface area contributed by atoms with Gasteiger partial charge in [-0.3, -0.25) is 14.2 Å². The van der Waals surface area contributed by atoms with Gasteiger partial charge in [-0.15, -0.1) is 0 Å². The molecule has 0 atom stereocenters. The number of nitrogens with zero attached hydrogens (tertiary/aromatic N) is 1. The van der Waals surface area contributed by atoms with Crippen molar-refractivity contribution in [3.8, 4) is 0 Å². The molecule has 0 fully saturated rings. The van der Waals surface area contributed by atoms with E-state index in [4.69, 9.17) is 11.6 Å². The molecule has 0 radical (unpaired) electrons. The van der Waals surface area contributed by atoms with E-state index in [1.54, 1.807) is 24.3 Å². The molecule has 0 unspecified atom stereocenters.